The van der Waals surface area contributed by atoms with Crippen molar-refractivity contribution in [2.45, 2.75) is 0 Å². The van der Waals surface area contributed by atoms with E-state index >= 15 is 0 Å². The van der Waals surface area contributed by atoms with Crippen LogP contribution in [0.5, 0.6) is 0 Å². The lowest BCUT2D eigenvalue weighted by Crippen LogP contribution is -2.00. The first kappa shape index (κ1) is 24.3. The fraction of sp³-hybridized carbons (Fsp3) is 0. The Morgan fingerprint density at radius 2 is 1.04 bits per heavy atom. The minimum Gasteiger partial charge on any atom is -0.455 e. The van der Waals surface area contributed by atoms with Gasteiger partial charge in [0.25, 0.3) is 0 Å². The lowest BCUT2D eigenvalue weighted by molar-refractivity contribution is 0.673. The summed E-state index contributed by atoms with van der Waals surface area (Å²) in [6.45, 7) is 0. The zero-order valence-corrected chi connectivity index (χ0v) is 24.0. The molecular formula is C41H23N3O. The smallest absolute Gasteiger partial charge is 0.164 e. The number of hydrogen-bond donors (Lipinski definition) is 0. The molecule has 0 atom stereocenters. The van der Waals surface area contributed by atoms with Crippen molar-refractivity contribution < 1.29 is 4.42 Å². The van der Waals surface area contributed by atoms with Crippen LogP contribution >= 0.6 is 0 Å². The van der Waals surface area contributed by atoms with E-state index in [9.17, 15) is 0 Å². The average Bonchev–Trinajstić information content (AvgIpc) is 3.65. The van der Waals surface area contributed by atoms with E-state index < -0.39 is 0 Å². The first-order valence-electron chi connectivity index (χ1n) is 15.1. The van der Waals surface area contributed by atoms with Gasteiger partial charge in [0.1, 0.15) is 11.2 Å². The fourth-order valence-electron chi connectivity index (χ4n) is 7.00. The summed E-state index contributed by atoms with van der Waals surface area (Å²) in [7, 11) is 0. The molecule has 0 saturated heterocycles. The Hall–Kier alpha value is -6.13. The van der Waals surface area contributed by atoms with E-state index in [0.29, 0.717) is 17.5 Å². The molecule has 208 valence electrons. The minimum absolute atomic E-state index is 0.617. The summed E-state index contributed by atoms with van der Waals surface area (Å²) in [6, 6.07) is 48.5. The quantitative estimate of drug-likeness (QED) is 0.211. The minimum atomic E-state index is 0.617. The Labute approximate surface area is 258 Å². The van der Waals surface area contributed by atoms with Crippen molar-refractivity contribution in [3.8, 4) is 56.4 Å². The van der Waals surface area contributed by atoms with Crippen LogP contribution in [-0.2, 0) is 0 Å². The third-order valence-electron chi connectivity index (χ3n) is 9.04. The topological polar surface area (TPSA) is 51.8 Å². The predicted octanol–water partition coefficient (Wildman–Crippen LogP) is 10.7. The van der Waals surface area contributed by atoms with E-state index in [0.717, 1.165) is 49.4 Å². The zero-order chi connectivity index (χ0) is 29.5. The highest BCUT2D eigenvalue weighted by molar-refractivity contribution is 6.27. The Morgan fingerprint density at radius 1 is 0.378 bits per heavy atom. The van der Waals surface area contributed by atoms with E-state index in [1.165, 1.54) is 33.0 Å². The van der Waals surface area contributed by atoms with Gasteiger partial charge >= 0.3 is 0 Å². The second-order valence-corrected chi connectivity index (χ2v) is 11.6. The molecular weight excluding hydrogens is 550 g/mol. The van der Waals surface area contributed by atoms with Gasteiger partial charge in [-0.3, -0.25) is 0 Å². The molecule has 0 amide bonds. The Bertz CT molecular complexity index is 2650. The molecule has 2 heterocycles. The maximum atomic E-state index is 6.67. The highest BCUT2D eigenvalue weighted by Gasteiger charge is 2.26. The Balaban J connectivity index is 1.27. The first-order valence-corrected chi connectivity index (χ1v) is 15.1. The molecule has 0 N–H and O–H groups in total. The summed E-state index contributed by atoms with van der Waals surface area (Å²) in [5, 5.41) is 6.76. The van der Waals surface area contributed by atoms with E-state index in [1.807, 2.05) is 42.5 Å². The summed E-state index contributed by atoms with van der Waals surface area (Å²) >= 11 is 0. The number of nitrogens with zero attached hydrogens (tertiary/aromatic N) is 3. The average molecular weight is 574 g/mol. The first-order chi connectivity index (χ1) is 22.3. The molecule has 0 saturated carbocycles. The van der Waals surface area contributed by atoms with Gasteiger partial charge in [0.05, 0.1) is 0 Å². The molecule has 9 aromatic rings. The van der Waals surface area contributed by atoms with E-state index in [4.69, 9.17) is 19.4 Å². The number of hydrogen-bond acceptors (Lipinski definition) is 4. The van der Waals surface area contributed by atoms with Crippen LogP contribution in [0, 0.1) is 0 Å². The normalized spacial score (nSPS) is 12.0. The van der Waals surface area contributed by atoms with Crippen molar-refractivity contribution in [2.75, 3.05) is 0 Å². The number of fused-ring (bicyclic) bond motifs is 8. The van der Waals surface area contributed by atoms with Crippen LogP contribution in [0.2, 0.25) is 0 Å². The van der Waals surface area contributed by atoms with Crippen molar-refractivity contribution in [3.63, 3.8) is 0 Å². The molecule has 4 heteroatoms. The summed E-state index contributed by atoms with van der Waals surface area (Å²) in [6.07, 6.45) is 0. The Kier molecular flexibility index (Phi) is 4.96. The van der Waals surface area contributed by atoms with Crippen LogP contribution < -0.4 is 0 Å². The monoisotopic (exact) mass is 573 g/mol. The second kappa shape index (κ2) is 9.18. The van der Waals surface area contributed by atoms with Gasteiger partial charge in [-0.05, 0) is 51.2 Å². The molecule has 0 aliphatic heterocycles. The summed E-state index contributed by atoms with van der Waals surface area (Å²) < 4.78 is 6.67. The molecule has 10 rings (SSSR count). The van der Waals surface area contributed by atoms with E-state index in [2.05, 4.69) is 97.1 Å². The van der Waals surface area contributed by atoms with Crippen molar-refractivity contribution >= 4 is 43.5 Å². The number of furan rings is 1. The van der Waals surface area contributed by atoms with Gasteiger partial charge in [-0.2, -0.15) is 0 Å². The van der Waals surface area contributed by atoms with Crippen molar-refractivity contribution in [1.82, 2.24) is 15.0 Å². The maximum Gasteiger partial charge on any atom is 0.164 e. The van der Waals surface area contributed by atoms with Crippen molar-refractivity contribution in [2.24, 2.45) is 0 Å². The molecule has 1 aliphatic rings. The lowest BCUT2D eigenvalue weighted by atomic mass is 9.97. The van der Waals surface area contributed by atoms with Crippen LogP contribution in [-0.4, -0.2) is 15.0 Å². The van der Waals surface area contributed by atoms with Gasteiger partial charge in [-0.1, -0.05) is 121 Å². The molecule has 0 fully saturated rings. The molecule has 4 nitrogen and oxygen atoms in total. The van der Waals surface area contributed by atoms with Crippen LogP contribution in [0.25, 0.3) is 99.9 Å². The third kappa shape index (κ3) is 3.57. The second-order valence-electron chi connectivity index (χ2n) is 11.6. The van der Waals surface area contributed by atoms with Gasteiger partial charge in [-0.15, -0.1) is 0 Å². The van der Waals surface area contributed by atoms with Gasteiger partial charge in [0, 0.05) is 38.2 Å². The van der Waals surface area contributed by atoms with Gasteiger partial charge in [-0.25, -0.2) is 15.0 Å². The zero-order valence-electron chi connectivity index (χ0n) is 24.0. The van der Waals surface area contributed by atoms with E-state index in [1.54, 1.807) is 0 Å². The van der Waals surface area contributed by atoms with Gasteiger partial charge in [0.2, 0.25) is 0 Å². The molecule has 0 unspecified atom stereocenters. The summed E-state index contributed by atoms with van der Waals surface area (Å²) in [5.41, 5.74) is 9.51. The maximum absolute atomic E-state index is 6.67. The van der Waals surface area contributed by atoms with Crippen LogP contribution in [0.15, 0.2) is 144 Å². The van der Waals surface area contributed by atoms with Gasteiger partial charge in [0.15, 0.2) is 17.5 Å². The lowest BCUT2D eigenvalue weighted by Gasteiger charge is -2.10. The van der Waals surface area contributed by atoms with Crippen molar-refractivity contribution in [3.05, 3.63) is 140 Å². The number of benzene rings is 7. The summed E-state index contributed by atoms with van der Waals surface area (Å²) in [5.74, 6) is 1.89. The van der Waals surface area contributed by atoms with Crippen LogP contribution in [0.4, 0.5) is 0 Å². The standard InChI is InChI=1S/C41H23N3O/c1-2-11-25(12-3-1)39-42-40(27-21-20-24-10-4-5-13-26(24)22-27)44-41(43-39)32-18-9-19-35-37(32)34-23-33-29-15-7-6-14-28(29)30-16-8-17-31(36(30)33)38(34)45-35/h1-23H. The fourth-order valence-corrected chi connectivity index (χ4v) is 7.00. The third-order valence-corrected chi connectivity index (χ3v) is 9.04. The molecule has 0 bridgehead atoms. The highest BCUT2D eigenvalue weighted by atomic mass is 16.3. The number of rotatable bonds is 3. The van der Waals surface area contributed by atoms with Crippen LogP contribution in [0.1, 0.15) is 0 Å². The van der Waals surface area contributed by atoms with E-state index in [-0.39, 0.29) is 0 Å². The molecule has 0 spiro atoms. The molecule has 0 radical (unpaired) electrons. The van der Waals surface area contributed by atoms with Crippen LogP contribution in [0.3, 0.4) is 0 Å². The predicted molar refractivity (Wildman–Crippen MR) is 183 cm³/mol. The largest absolute Gasteiger partial charge is 0.455 e. The van der Waals surface area contributed by atoms with Gasteiger partial charge < -0.3 is 4.42 Å². The Morgan fingerprint density at radius 3 is 1.91 bits per heavy atom. The molecule has 7 aromatic carbocycles. The highest BCUT2D eigenvalue weighted by Crippen LogP contribution is 2.51. The number of aromatic nitrogens is 3. The molecule has 2 aromatic heterocycles. The molecule has 1 aliphatic carbocycles. The van der Waals surface area contributed by atoms with Crippen molar-refractivity contribution in [1.29, 1.82) is 0 Å². The molecule has 45 heavy (non-hydrogen) atoms. The summed E-state index contributed by atoms with van der Waals surface area (Å²) in [4.78, 5) is 15.2. The SMILES string of the molecule is c1ccc(-c2nc(-c3ccc4ccccc4c3)nc(-c3cccc4oc5c6cccc7c6c(cc5c34)-c3ccccc3-7)n2)cc1.